The highest BCUT2D eigenvalue weighted by Gasteiger charge is 2.21. The number of carbonyl (C=O) groups is 2. The summed E-state index contributed by atoms with van der Waals surface area (Å²) in [4.78, 5) is 23.3. The topological polar surface area (TPSA) is 93.5 Å². The SMILES string of the molecule is COc1ccc(NC(=O)c2nn(C)cc2C(=O)O)c(C)c1. The summed E-state index contributed by atoms with van der Waals surface area (Å²) in [6, 6.07) is 5.17. The number of carboxylic acid groups (broad SMARTS) is 1. The molecule has 2 rings (SSSR count). The Hall–Kier alpha value is -2.83. The van der Waals surface area contributed by atoms with Crippen LogP contribution in [-0.4, -0.2) is 33.9 Å². The first kappa shape index (κ1) is 14.6. The number of hydrogen-bond acceptors (Lipinski definition) is 4. The number of anilines is 1. The Labute approximate surface area is 121 Å². The molecule has 7 heteroatoms. The lowest BCUT2D eigenvalue weighted by molar-refractivity contribution is 0.0692. The van der Waals surface area contributed by atoms with Gasteiger partial charge in [0.25, 0.3) is 5.91 Å². The van der Waals surface area contributed by atoms with Crippen LogP contribution >= 0.6 is 0 Å². The van der Waals surface area contributed by atoms with Crippen molar-refractivity contribution in [3.8, 4) is 5.75 Å². The summed E-state index contributed by atoms with van der Waals surface area (Å²) in [5.41, 5.74) is 1.11. The number of aromatic carboxylic acids is 1. The molecule has 0 saturated heterocycles. The van der Waals surface area contributed by atoms with Gasteiger partial charge < -0.3 is 15.2 Å². The standard InChI is InChI=1S/C14H15N3O4/c1-8-6-9(21-3)4-5-11(8)15-13(18)12-10(14(19)20)7-17(2)16-12/h4-7H,1-3H3,(H,15,18)(H,19,20). The normalized spacial score (nSPS) is 10.2. The molecule has 0 spiro atoms. The number of carbonyl (C=O) groups excluding carboxylic acids is 1. The number of aromatic nitrogens is 2. The Balaban J connectivity index is 2.28. The highest BCUT2D eigenvalue weighted by atomic mass is 16.5. The van der Waals surface area contributed by atoms with E-state index in [1.807, 2.05) is 6.92 Å². The van der Waals surface area contributed by atoms with E-state index in [4.69, 9.17) is 9.84 Å². The van der Waals surface area contributed by atoms with Crippen molar-refractivity contribution >= 4 is 17.6 Å². The number of nitrogens with zero attached hydrogens (tertiary/aromatic N) is 2. The molecule has 0 saturated carbocycles. The molecule has 0 aliphatic rings. The number of ether oxygens (including phenoxy) is 1. The highest BCUT2D eigenvalue weighted by molar-refractivity contribution is 6.09. The average molecular weight is 289 g/mol. The fourth-order valence-corrected chi connectivity index (χ4v) is 1.90. The molecule has 0 aliphatic heterocycles. The zero-order valence-corrected chi connectivity index (χ0v) is 11.9. The monoisotopic (exact) mass is 289 g/mol. The number of hydrogen-bond donors (Lipinski definition) is 2. The number of nitrogens with one attached hydrogen (secondary N) is 1. The van der Waals surface area contributed by atoms with E-state index in [1.54, 1.807) is 32.4 Å². The maximum atomic E-state index is 12.2. The lowest BCUT2D eigenvalue weighted by atomic mass is 10.1. The number of carboxylic acids is 1. The van der Waals surface area contributed by atoms with Gasteiger partial charge in [0.1, 0.15) is 11.3 Å². The third-order valence-corrected chi connectivity index (χ3v) is 2.96. The molecular weight excluding hydrogens is 274 g/mol. The number of aryl methyl sites for hydroxylation is 2. The molecule has 7 nitrogen and oxygen atoms in total. The van der Waals surface area contributed by atoms with Gasteiger partial charge in [0.05, 0.1) is 7.11 Å². The molecule has 2 aromatic rings. The van der Waals surface area contributed by atoms with Crippen molar-refractivity contribution in [3.05, 3.63) is 41.2 Å². The number of amides is 1. The molecule has 2 N–H and O–H groups in total. The second-order valence-corrected chi connectivity index (χ2v) is 4.51. The van der Waals surface area contributed by atoms with Crippen LogP contribution in [0.1, 0.15) is 26.4 Å². The molecule has 1 amide bonds. The molecule has 0 atom stereocenters. The van der Waals surface area contributed by atoms with Gasteiger partial charge in [-0.05, 0) is 30.7 Å². The molecule has 0 radical (unpaired) electrons. The van der Waals surface area contributed by atoms with E-state index >= 15 is 0 Å². The summed E-state index contributed by atoms with van der Waals surface area (Å²) in [7, 11) is 3.11. The Morgan fingerprint density at radius 1 is 1.38 bits per heavy atom. The van der Waals surface area contributed by atoms with Gasteiger partial charge in [-0.2, -0.15) is 5.10 Å². The summed E-state index contributed by atoms with van der Waals surface area (Å²) in [5, 5.41) is 15.6. The smallest absolute Gasteiger partial charge is 0.339 e. The van der Waals surface area contributed by atoms with Crippen LogP contribution in [-0.2, 0) is 7.05 Å². The van der Waals surface area contributed by atoms with Crippen molar-refractivity contribution in [2.75, 3.05) is 12.4 Å². The van der Waals surface area contributed by atoms with E-state index in [1.165, 1.54) is 10.9 Å². The van der Waals surface area contributed by atoms with E-state index in [0.717, 1.165) is 5.56 Å². The number of methoxy groups -OCH3 is 1. The van der Waals surface area contributed by atoms with Crippen LogP contribution in [0.2, 0.25) is 0 Å². The summed E-state index contributed by atoms with van der Waals surface area (Å²) in [6.07, 6.45) is 1.29. The molecular formula is C14H15N3O4. The zero-order valence-electron chi connectivity index (χ0n) is 11.9. The quantitative estimate of drug-likeness (QED) is 0.893. The van der Waals surface area contributed by atoms with Gasteiger partial charge in [0.2, 0.25) is 0 Å². The molecule has 0 bridgehead atoms. The Bertz CT molecular complexity index is 706. The van der Waals surface area contributed by atoms with Gasteiger partial charge in [-0.3, -0.25) is 9.48 Å². The maximum absolute atomic E-state index is 12.2. The lowest BCUT2D eigenvalue weighted by Crippen LogP contribution is -2.17. The van der Waals surface area contributed by atoms with Crippen molar-refractivity contribution in [1.82, 2.24) is 9.78 Å². The molecule has 110 valence electrons. The van der Waals surface area contributed by atoms with Crippen molar-refractivity contribution < 1.29 is 19.4 Å². The van der Waals surface area contributed by atoms with E-state index in [-0.39, 0.29) is 11.3 Å². The van der Waals surface area contributed by atoms with Crippen molar-refractivity contribution in [3.63, 3.8) is 0 Å². The summed E-state index contributed by atoms with van der Waals surface area (Å²) in [5.74, 6) is -1.09. The second kappa shape index (κ2) is 5.66. The summed E-state index contributed by atoms with van der Waals surface area (Å²) >= 11 is 0. The molecule has 1 aromatic heterocycles. The molecule has 1 heterocycles. The predicted molar refractivity (Wildman–Crippen MR) is 75.9 cm³/mol. The van der Waals surface area contributed by atoms with Crippen molar-refractivity contribution in [2.45, 2.75) is 6.92 Å². The predicted octanol–water partition coefficient (Wildman–Crippen LogP) is 1.69. The minimum Gasteiger partial charge on any atom is -0.497 e. The van der Waals surface area contributed by atoms with Crippen LogP contribution < -0.4 is 10.1 Å². The van der Waals surface area contributed by atoms with Crippen LogP contribution in [0.15, 0.2) is 24.4 Å². The maximum Gasteiger partial charge on any atom is 0.339 e. The van der Waals surface area contributed by atoms with E-state index in [2.05, 4.69) is 10.4 Å². The van der Waals surface area contributed by atoms with Crippen LogP contribution in [0.5, 0.6) is 5.75 Å². The minimum atomic E-state index is -1.19. The third-order valence-electron chi connectivity index (χ3n) is 2.96. The molecule has 1 aromatic carbocycles. The van der Waals surface area contributed by atoms with Gasteiger partial charge in [-0.15, -0.1) is 0 Å². The van der Waals surface area contributed by atoms with Crippen molar-refractivity contribution in [2.24, 2.45) is 7.05 Å². The highest BCUT2D eigenvalue weighted by Crippen LogP contribution is 2.21. The first-order valence-electron chi connectivity index (χ1n) is 6.15. The first-order valence-corrected chi connectivity index (χ1v) is 6.15. The second-order valence-electron chi connectivity index (χ2n) is 4.51. The van der Waals surface area contributed by atoms with Gasteiger partial charge >= 0.3 is 5.97 Å². The fourth-order valence-electron chi connectivity index (χ4n) is 1.90. The Kier molecular flexibility index (Phi) is 3.93. The van der Waals surface area contributed by atoms with Gasteiger partial charge in [-0.25, -0.2) is 4.79 Å². The summed E-state index contributed by atoms with van der Waals surface area (Å²) in [6.45, 7) is 1.81. The third kappa shape index (κ3) is 3.02. The van der Waals surface area contributed by atoms with Crippen LogP contribution in [0, 0.1) is 6.92 Å². The van der Waals surface area contributed by atoms with E-state index in [0.29, 0.717) is 11.4 Å². The fraction of sp³-hybridized carbons (Fsp3) is 0.214. The summed E-state index contributed by atoms with van der Waals surface area (Å²) < 4.78 is 6.38. The van der Waals surface area contributed by atoms with E-state index < -0.39 is 11.9 Å². The van der Waals surface area contributed by atoms with Gasteiger partial charge in [0.15, 0.2) is 5.69 Å². The number of benzene rings is 1. The lowest BCUT2D eigenvalue weighted by Gasteiger charge is -2.09. The van der Waals surface area contributed by atoms with E-state index in [9.17, 15) is 9.59 Å². The molecule has 0 fully saturated rings. The Morgan fingerprint density at radius 3 is 2.67 bits per heavy atom. The van der Waals surface area contributed by atoms with Crippen LogP contribution in [0.4, 0.5) is 5.69 Å². The molecule has 21 heavy (non-hydrogen) atoms. The van der Waals surface area contributed by atoms with Crippen LogP contribution in [0.3, 0.4) is 0 Å². The molecule has 0 aliphatic carbocycles. The Morgan fingerprint density at radius 2 is 2.10 bits per heavy atom. The van der Waals surface area contributed by atoms with Gasteiger partial charge in [-0.1, -0.05) is 0 Å². The number of rotatable bonds is 4. The van der Waals surface area contributed by atoms with Crippen LogP contribution in [0.25, 0.3) is 0 Å². The first-order chi connectivity index (χ1) is 9.92. The van der Waals surface area contributed by atoms with Gasteiger partial charge in [0, 0.05) is 18.9 Å². The largest absolute Gasteiger partial charge is 0.497 e. The zero-order chi connectivity index (χ0) is 15.6. The molecule has 0 unspecified atom stereocenters. The van der Waals surface area contributed by atoms with Crippen molar-refractivity contribution in [1.29, 1.82) is 0 Å². The average Bonchev–Trinajstić information content (AvgIpc) is 2.83. The minimum absolute atomic E-state index is 0.125.